The number of benzene rings is 2. The highest BCUT2D eigenvalue weighted by Gasteiger charge is 2.29. The largest absolute Gasteiger partial charge is 0.416 e. The average molecular weight is 364 g/mol. The van der Waals surface area contributed by atoms with E-state index in [0.29, 0.717) is 17.7 Å². The number of halogens is 3. The Balaban J connectivity index is 1.88. The molecule has 0 radical (unpaired) electrons. The highest BCUT2D eigenvalue weighted by molar-refractivity contribution is 5.94. The molecule has 0 bridgehead atoms. The molecule has 4 nitrogen and oxygen atoms in total. The van der Waals surface area contributed by atoms with Crippen LogP contribution in [0.15, 0.2) is 48.5 Å². The Morgan fingerprint density at radius 1 is 0.962 bits per heavy atom. The predicted octanol–water partition coefficient (Wildman–Crippen LogP) is 3.98. The molecule has 0 heterocycles. The number of nitrogens with one attached hydrogen (secondary N) is 1. The molecule has 0 fully saturated rings. The van der Waals surface area contributed by atoms with E-state index in [2.05, 4.69) is 5.32 Å². The van der Waals surface area contributed by atoms with E-state index in [1.165, 1.54) is 17.0 Å². The first-order valence-electron chi connectivity index (χ1n) is 7.94. The SMILES string of the molecule is CN(C)C(=O)c1ccc(CCC(=O)Nc2ccc(C(F)(F)F)cc2)cc1. The summed E-state index contributed by atoms with van der Waals surface area (Å²) in [5.41, 5.74) is 1.01. The summed E-state index contributed by atoms with van der Waals surface area (Å²) in [5.74, 6) is -0.394. The van der Waals surface area contributed by atoms with Crippen LogP contribution in [0.1, 0.15) is 27.9 Å². The summed E-state index contributed by atoms with van der Waals surface area (Å²) in [6, 6.07) is 11.3. The fraction of sp³-hybridized carbons (Fsp3) is 0.263. The number of amides is 2. The van der Waals surface area contributed by atoms with E-state index >= 15 is 0 Å². The van der Waals surface area contributed by atoms with Crippen LogP contribution in [-0.4, -0.2) is 30.8 Å². The Morgan fingerprint density at radius 2 is 1.54 bits per heavy atom. The molecule has 0 saturated carbocycles. The number of hydrogen-bond donors (Lipinski definition) is 1. The normalized spacial score (nSPS) is 11.1. The molecule has 0 aliphatic heterocycles. The molecule has 2 amide bonds. The molecule has 7 heteroatoms. The van der Waals surface area contributed by atoms with Gasteiger partial charge in [0, 0.05) is 31.8 Å². The maximum atomic E-state index is 12.5. The zero-order chi connectivity index (χ0) is 19.3. The Labute approximate surface area is 149 Å². The number of rotatable bonds is 5. The fourth-order valence-corrected chi connectivity index (χ4v) is 2.30. The minimum absolute atomic E-state index is 0.100. The van der Waals surface area contributed by atoms with Gasteiger partial charge in [0.05, 0.1) is 5.56 Å². The molecular formula is C19H19F3N2O2. The van der Waals surface area contributed by atoms with E-state index in [9.17, 15) is 22.8 Å². The first kappa shape index (κ1) is 19.5. The van der Waals surface area contributed by atoms with E-state index in [1.54, 1.807) is 38.4 Å². The number of aryl methyl sites for hydroxylation is 1. The minimum atomic E-state index is -4.40. The highest BCUT2D eigenvalue weighted by atomic mass is 19.4. The lowest BCUT2D eigenvalue weighted by Gasteiger charge is -2.11. The number of anilines is 1. The van der Waals surface area contributed by atoms with Gasteiger partial charge in [-0.25, -0.2) is 0 Å². The monoisotopic (exact) mass is 364 g/mol. The van der Waals surface area contributed by atoms with Gasteiger partial charge in [0.25, 0.3) is 5.91 Å². The molecule has 138 valence electrons. The highest BCUT2D eigenvalue weighted by Crippen LogP contribution is 2.29. The fourth-order valence-electron chi connectivity index (χ4n) is 2.30. The lowest BCUT2D eigenvalue weighted by atomic mass is 10.1. The number of carbonyl (C=O) groups excluding carboxylic acids is 2. The van der Waals surface area contributed by atoms with E-state index in [-0.39, 0.29) is 18.2 Å². The van der Waals surface area contributed by atoms with Crippen LogP contribution in [0.25, 0.3) is 0 Å². The summed E-state index contributed by atoms with van der Waals surface area (Å²) < 4.78 is 37.5. The lowest BCUT2D eigenvalue weighted by molar-refractivity contribution is -0.137. The zero-order valence-corrected chi connectivity index (χ0v) is 14.4. The van der Waals surface area contributed by atoms with Crippen LogP contribution in [-0.2, 0) is 17.4 Å². The molecule has 2 aromatic rings. The Hall–Kier alpha value is -2.83. The van der Waals surface area contributed by atoms with Crippen molar-refractivity contribution in [2.75, 3.05) is 19.4 Å². The molecule has 0 spiro atoms. The average Bonchev–Trinajstić information content (AvgIpc) is 2.59. The van der Waals surface area contributed by atoms with Crippen molar-refractivity contribution in [2.45, 2.75) is 19.0 Å². The van der Waals surface area contributed by atoms with Gasteiger partial charge in [0.15, 0.2) is 0 Å². The lowest BCUT2D eigenvalue weighted by Crippen LogP contribution is -2.21. The Bertz CT molecular complexity index is 767. The van der Waals surface area contributed by atoms with E-state index in [0.717, 1.165) is 17.7 Å². The smallest absolute Gasteiger partial charge is 0.345 e. The maximum absolute atomic E-state index is 12.5. The van der Waals surface area contributed by atoms with Crippen molar-refractivity contribution in [3.63, 3.8) is 0 Å². The third kappa shape index (κ3) is 5.34. The van der Waals surface area contributed by atoms with Crippen molar-refractivity contribution in [2.24, 2.45) is 0 Å². The summed E-state index contributed by atoms with van der Waals surface area (Å²) in [7, 11) is 3.34. The third-order valence-corrected chi connectivity index (χ3v) is 3.74. The molecule has 2 rings (SSSR count). The Morgan fingerprint density at radius 3 is 2.04 bits per heavy atom. The first-order chi connectivity index (χ1) is 12.2. The molecular weight excluding hydrogens is 345 g/mol. The molecule has 0 unspecified atom stereocenters. The van der Waals surface area contributed by atoms with Crippen LogP contribution in [0.5, 0.6) is 0 Å². The van der Waals surface area contributed by atoms with Crippen molar-refractivity contribution >= 4 is 17.5 Å². The molecule has 26 heavy (non-hydrogen) atoms. The number of hydrogen-bond acceptors (Lipinski definition) is 2. The van der Waals surface area contributed by atoms with Gasteiger partial charge in [-0.05, 0) is 48.4 Å². The number of alkyl halides is 3. The molecule has 0 atom stereocenters. The van der Waals surface area contributed by atoms with Crippen LogP contribution in [0.4, 0.5) is 18.9 Å². The van der Waals surface area contributed by atoms with Gasteiger partial charge in [-0.2, -0.15) is 13.2 Å². The quantitative estimate of drug-likeness (QED) is 0.873. The van der Waals surface area contributed by atoms with Gasteiger partial charge in [-0.3, -0.25) is 9.59 Å². The van der Waals surface area contributed by atoms with E-state index in [4.69, 9.17) is 0 Å². The molecule has 0 saturated heterocycles. The summed E-state index contributed by atoms with van der Waals surface area (Å²) in [6.07, 6.45) is -3.76. The third-order valence-electron chi connectivity index (χ3n) is 3.74. The molecule has 0 aliphatic rings. The van der Waals surface area contributed by atoms with Crippen molar-refractivity contribution < 1.29 is 22.8 Å². The second kappa shape index (κ2) is 8.03. The standard InChI is InChI=1S/C19H19F3N2O2/c1-24(2)18(26)14-6-3-13(4-7-14)5-12-17(25)23-16-10-8-15(9-11-16)19(20,21)22/h3-4,6-11H,5,12H2,1-2H3,(H,23,25). The number of carbonyl (C=O) groups is 2. The topological polar surface area (TPSA) is 49.4 Å². The van der Waals surface area contributed by atoms with Crippen molar-refractivity contribution in [3.05, 3.63) is 65.2 Å². The summed E-state index contributed by atoms with van der Waals surface area (Å²) >= 11 is 0. The van der Waals surface area contributed by atoms with Crippen molar-refractivity contribution in [1.82, 2.24) is 4.90 Å². The number of nitrogens with zero attached hydrogens (tertiary/aromatic N) is 1. The molecule has 0 aromatic heterocycles. The van der Waals surface area contributed by atoms with Crippen LogP contribution in [0.2, 0.25) is 0 Å². The molecule has 1 N–H and O–H groups in total. The van der Waals surface area contributed by atoms with Gasteiger partial charge in [0.1, 0.15) is 0 Å². The van der Waals surface area contributed by atoms with E-state index < -0.39 is 11.7 Å². The van der Waals surface area contributed by atoms with E-state index in [1.807, 2.05) is 0 Å². The van der Waals surface area contributed by atoms with Crippen molar-refractivity contribution in [1.29, 1.82) is 0 Å². The van der Waals surface area contributed by atoms with Gasteiger partial charge in [0.2, 0.25) is 5.91 Å². The summed E-state index contributed by atoms with van der Waals surface area (Å²) in [6.45, 7) is 0. The first-order valence-corrected chi connectivity index (χ1v) is 7.94. The summed E-state index contributed by atoms with van der Waals surface area (Å²) in [5, 5.41) is 2.57. The molecule has 0 aliphatic carbocycles. The van der Waals surface area contributed by atoms with Gasteiger partial charge < -0.3 is 10.2 Å². The molecule has 2 aromatic carbocycles. The van der Waals surface area contributed by atoms with Gasteiger partial charge >= 0.3 is 6.18 Å². The summed E-state index contributed by atoms with van der Waals surface area (Å²) in [4.78, 5) is 25.2. The van der Waals surface area contributed by atoms with Crippen LogP contribution in [0.3, 0.4) is 0 Å². The van der Waals surface area contributed by atoms with Crippen LogP contribution in [0, 0.1) is 0 Å². The van der Waals surface area contributed by atoms with Gasteiger partial charge in [-0.15, -0.1) is 0 Å². The van der Waals surface area contributed by atoms with Gasteiger partial charge in [-0.1, -0.05) is 12.1 Å². The Kier molecular flexibility index (Phi) is 6.02. The van der Waals surface area contributed by atoms with Crippen LogP contribution >= 0.6 is 0 Å². The minimum Gasteiger partial charge on any atom is -0.345 e. The predicted molar refractivity (Wildman–Crippen MR) is 92.9 cm³/mol. The maximum Gasteiger partial charge on any atom is 0.416 e. The second-order valence-electron chi connectivity index (χ2n) is 6.02. The second-order valence-corrected chi connectivity index (χ2v) is 6.02. The van der Waals surface area contributed by atoms with Crippen molar-refractivity contribution in [3.8, 4) is 0 Å². The van der Waals surface area contributed by atoms with Crippen LogP contribution < -0.4 is 5.32 Å². The zero-order valence-electron chi connectivity index (χ0n) is 14.4.